The lowest BCUT2D eigenvalue weighted by atomic mass is 9.86. The molecule has 0 spiro atoms. The number of ether oxygens (including phenoxy) is 1. The van der Waals surface area contributed by atoms with E-state index in [0.29, 0.717) is 0 Å². The first kappa shape index (κ1) is 17.8. The number of aliphatic imine (C=N–C) groups is 1. The molecule has 0 aliphatic carbocycles. The summed E-state index contributed by atoms with van der Waals surface area (Å²) in [7, 11) is 4.77. The van der Waals surface area contributed by atoms with E-state index in [1.807, 2.05) is 0 Å². The maximum atomic E-state index is 14.0. The first-order valence-corrected chi connectivity index (χ1v) is 6.83. The van der Waals surface area contributed by atoms with Gasteiger partial charge in [0.1, 0.15) is 12.2 Å². The van der Waals surface area contributed by atoms with Crippen LogP contribution < -0.4 is 0 Å². The second-order valence-corrected chi connectivity index (χ2v) is 5.53. The number of nitrogens with zero attached hydrogens (tertiary/aromatic N) is 4. The van der Waals surface area contributed by atoms with Gasteiger partial charge in [0.15, 0.2) is 6.10 Å². The summed E-state index contributed by atoms with van der Waals surface area (Å²) in [6.07, 6.45) is -7.20. The number of rotatable bonds is 2. The summed E-state index contributed by atoms with van der Waals surface area (Å²) >= 11 is 3.00. The Morgan fingerprint density at radius 1 is 1.48 bits per heavy atom. The lowest BCUT2D eigenvalue weighted by Crippen LogP contribution is -2.46. The van der Waals surface area contributed by atoms with Crippen LogP contribution in [0.2, 0.25) is 0 Å². The molecule has 122 valence electrons. The molecule has 1 aliphatic rings. The second-order valence-electron chi connectivity index (χ2n) is 4.62. The summed E-state index contributed by atoms with van der Waals surface area (Å²) in [6.45, 7) is -1.43. The molecule has 12 heteroatoms. The number of alkyl halides is 4. The molecule has 0 amide bonds. The van der Waals surface area contributed by atoms with Crippen LogP contribution >= 0.6 is 15.9 Å². The van der Waals surface area contributed by atoms with Gasteiger partial charge in [0.2, 0.25) is 5.95 Å². The van der Waals surface area contributed by atoms with Crippen molar-refractivity contribution < 1.29 is 26.7 Å². The Labute approximate surface area is 136 Å². The Morgan fingerprint density at radius 2 is 2.17 bits per heavy atom. The summed E-state index contributed by atoms with van der Waals surface area (Å²) in [5.74, 6) is -1.15. The topological polar surface area (TPSA) is 59.2 Å². The molecule has 23 heavy (non-hydrogen) atoms. The molecule has 0 unspecified atom stereocenters. The van der Waals surface area contributed by atoms with Gasteiger partial charge < -0.3 is 4.74 Å². The van der Waals surface area contributed by atoms with E-state index in [-0.39, 0.29) is 4.47 Å². The van der Waals surface area contributed by atoms with Gasteiger partial charge in [-0.2, -0.15) is 17.6 Å². The summed E-state index contributed by atoms with van der Waals surface area (Å²) in [5, 5.41) is 5.85. The van der Waals surface area contributed by atoms with Gasteiger partial charge in [-0.1, -0.05) is 0 Å². The van der Waals surface area contributed by atoms with Crippen LogP contribution in [-0.2, 0) is 10.3 Å². The number of aromatic nitrogens is 1. The van der Waals surface area contributed by atoms with Gasteiger partial charge in [-0.05, 0) is 22.0 Å². The predicted octanol–water partition coefficient (Wildman–Crippen LogP) is 3.39. The summed E-state index contributed by atoms with van der Waals surface area (Å²) in [6, 6.07) is 0.208. The smallest absolute Gasteiger partial charge is 0.425 e. The van der Waals surface area contributed by atoms with E-state index >= 15 is 0 Å². The van der Waals surface area contributed by atoms with Crippen LogP contribution in [0, 0.1) is 5.95 Å². The van der Waals surface area contributed by atoms with E-state index in [1.54, 1.807) is 0 Å². The van der Waals surface area contributed by atoms with Crippen molar-refractivity contribution in [3.05, 3.63) is 28.2 Å². The normalized spacial score (nSPS) is 25.3. The maximum absolute atomic E-state index is 14.0. The van der Waals surface area contributed by atoms with Gasteiger partial charge in [0.05, 0.1) is 0 Å². The van der Waals surface area contributed by atoms with E-state index in [2.05, 4.69) is 40.8 Å². The summed E-state index contributed by atoms with van der Waals surface area (Å²) in [5.41, 5.74) is -2.67. The van der Waals surface area contributed by atoms with Crippen molar-refractivity contribution in [2.45, 2.75) is 24.2 Å². The van der Waals surface area contributed by atoms with Crippen LogP contribution in [0.4, 0.5) is 22.0 Å². The van der Waals surface area contributed by atoms with Crippen LogP contribution in [0.3, 0.4) is 0 Å². The SMILES string of the molecule is [B]N=NC1=N[C@](CF)(c2cc(Br)cnc2F)C[C@@H](C(F)(F)F)O1. The molecule has 2 atom stereocenters. The fourth-order valence-corrected chi connectivity index (χ4v) is 2.42. The zero-order valence-electron chi connectivity index (χ0n) is 11.2. The molecular formula is C11H7BBrF5N4O. The van der Waals surface area contributed by atoms with Crippen molar-refractivity contribution >= 4 is 29.9 Å². The van der Waals surface area contributed by atoms with Crippen molar-refractivity contribution in [1.82, 2.24) is 4.98 Å². The molecule has 2 radical (unpaired) electrons. The second kappa shape index (κ2) is 6.50. The standard InChI is InChI=1S/C11H7BBrF5N4O/c12-22-21-9-20-10(4-14,2-7(23-9)11(16,17)18)6-1-5(13)3-19-8(6)15/h1,3,7H,2,4H2/t7-,10+/m0/s1. The lowest BCUT2D eigenvalue weighted by molar-refractivity contribution is -0.209. The molecule has 1 aliphatic heterocycles. The summed E-state index contributed by atoms with van der Waals surface area (Å²) in [4.78, 5) is 6.99. The highest BCUT2D eigenvalue weighted by Gasteiger charge is 2.52. The van der Waals surface area contributed by atoms with Crippen molar-refractivity contribution in [1.29, 1.82) is 0 Å². The van der Waals surface area contributed by atoms with E-state index in [4.69, 9.17) is 7.98 Å². The number of hydrogen-bond acceptors (Lipinski definition) is 5. The molecule has 0 bridgehead atoms. The highest BCUT2D eigenvalue weighted by atomic mass is 79.9. The van der Waals surface area contributed by atoms with Crippen molar-refractivity contribution in [2.24, 2.45) is 15.1 Å². The molecule has 0 fully saturated rings. The quantitative estimate of drug-likeness (QED) is 0.333. The number of amidine groups is 1. The van der Waals surface area contributed by atoms with Gasteiger partial charge in [-0.15, -0.1) is 5.11 Å². The highest BCUT2D eigenvalue weighted by molar-refractivity contribution is 9.10. The van der Waals surface area contributed by atoms with Crippen LogP contribution in [0.5, 0.6) is 0 Å². The lowest BCUT2D eigenvalue weighted by Gasteiger charge is -2.36. The van der Waals surface area contributed by atoms with E-state index < -0.39 is 48.4 Å². The Morgan fingerprint density at radius 3 is 2.74 bits per heavy atom. The van der Waals surface area contributed by atoms with Crippen molar-refractivity contribution in [3.63, 3.8) is 0 Å². The minimum Gasteiger partial charge on any atom is -0.450 e. The minimum absolute atomic E-state index is 0.244. The Hall–Kier alpha value is -1.59. The molecule has 0 saturated heterocycles. The van der Waals surface area contributed by atoms with Crippen LogP contribution in [0.25, 0.3) is 0 Å². The van der Waals surface area contributed by atoms with Crippen molar-refractivity contribution in [2.75, 3.05) is 6.67 Å². The average Bonchev–Trinajstić information content (AvgIpc) is 2.48. The highest BCUT2D eigenvalue weighted by Crippen LogP contribution is 2.42. The third-order valence-corrected chi connectivity index (χ3v) is 3.55. The van der Waals surface area contributed by atoms with E-state index in [1.165, 1.54) is 0 Å². The minimum atomic E-state index is -4.85. The van der Waals surface area contributed by atoms with E-state index in [0.717, 1.165) is 12.3 Å². The first-order chi connectivity index (χ1) is 10.7. The molecule has 5 nitrogen and oxygen atoms in total. The Kier molecular flexibility index (Phi) is 5.02. The zero-order chi connectivity index (χ0) is 17.3. The van der Waals surface area contributed by atoms with Crippen LogP contribution in [0.15, 0.2) is 31.9 Å². The third-order valence-electron chi connectivity index (χ3n) is 3.12. The molecule has 0 aromatic carbocycles. The largest absolute Gasteiger partial charge is 0.450 e. The van der Waals surface area contributed by atoms with Crippen LogP contribution in [-0.4, -0.2) is 37.9 Å². The third kappa shape index (κ3) is 3.67. The monoisotopic (exact) mass is 396 g/mol. The number of hydrogen-bond donors (Lipinski definition) is 0. The van der Waals surface area contributed by atoms with E-state index in [9.17, 15) is 22.0 Å². The molecule has 1 aromatic rings. The number of pyridine rings is 1. The van der Waals surface area contributed by atoms with Gasteiger partial charge in [0, 0.05) is 22.7 Å². The molecule has 0 N–H and O–H groups in total. The summed E-state index contributed by atoms with van der Waals surface area (Å²) < 4.78 is 71.4. The number of halogens is 6. The predicted molar refractivity (Wildman–Crippen MR) is 73.1 cm³/mol. The Bertz CT molecular complexity index is 656. The molecular weight excluding hydrogens is 390 g/mol. The van der Waals surface area contributed by atoms with Gasteiger partial charge in [-0.3, -0.25) is 5.03 Å². The zero-order valence-corrected chi connectivity index (χ0v) is 12.8. The molecule has 2 rings (SSSR count). The molecule has 2 heterocycles. The maximum Gasteiger partial charge on any atom is 0.425 e. The fourth-order valence-electron chi connectivity index (χ4n) is 2.08. The van der Waals surface area contributed by atoms with Gasteiger partial charge in [-0.25, -0.2) is 14.4 Å². The van der Waals surface area contributed by atoms with Gasteiger partial charge >= 0.3 is 12.2 Å². The van der Waals surface area contributed by atoms with Crippen molar-refractivity contribution in [3.8, 4) is 0 Å². The first-order valence-electron chi connectivity index (χ1n) is 6.03. The Balaban J connectivity index is 2.61. The van der Waals surface area contributed by atoms with Gasteiger partial charge in [0.25, 0.3) is 7.98 Å². The molecule has 1 aromatic heterocycles. The average molecular weight is 397 g/mol. The fraction of sp³-hybridized carbons (Fsp3) is 0.455. The van der Waals surface area contributed by atoms with Crippen LogP contribution in [0.1, 0.15) is 12.0 Å². The molecule has 0 saturated carbocycles.